The normalized spacial score (nSPS) is 17.4. The smallest absolute Gasteiger partial charge is 0.449 e. The lowest BCUT2D eigenvalue weighted by Crippen LogP contribution is -2.39. The molecule has 0 N–H and O–H groups in total. The molecule has 3 nitrogen and oxygen atoms in total. The van der Waals surface area contributed by atoms with E-state index in [-0.39, 0.29) is 19.5 Å². The fourth-order valence-corrected chi connectivity index (χ4v) is 1.69. The zero-order chi connectivity index (χ0) is 14.0. The molecule has 0 saturated heterocycles. The van der Waals surface area contributed by atoms with Gasteiger partial charge in [-0.05, 0) is 27.2 Å². The number of hydrogen-bond donors (Lipinski definition) is 0. The molecular weight excluding hydrogens is 246 g/mol. The maximum atomic E-state index is 12.2. The van der Waals surface area contributed by atoms with Crippen LogP contribution in [0.3, 0.4) is 0 Å². The Labute approximate surface area is 105 Å². The quantitative estimate of drug-likeness (QED) is 0.565. The summed E-state index contributed by atoms with van der Waals surface area (Å²) in [4.78, 5) is 13.1. The molecule has 18 heavy (non-hydrogen) atoms. The predicted octanol–water partition coefficient (Wildman–Crippen LogP) is 3.40. The standard InChI is InChI=1S/C11H18BF3NO2/c1-11(2,3)18-10(17)16-6-4-9(5-7-16)8-12(13,14)15/h4H,5-8H2,1-3H3/q-1. The van der Waals surface area contributed by atoms with Gasteiger partial charge in [0, 0.05) is 13.1 Å². The summed E-state index contributed by atoms with van der Waals surface area (Å²) in [5.41, 5.74) is -0.224. The Hall–Kier alpha value is -1.14. The zero-order valence-corrected chi connectivity index (χ0v) is 10.9. The van der Waals surface area contributed by atoms with Crippen molar-refractivity contribution in [2.45, 2.75) is 39.1 Å². The lowest BCUT2D eigenvalue weighted by Gasteiger charge is -2.30. The molecule has 1 aliphatic rings. The summed E-state index contributed by atoms with van der Waals surface area (Å²) in [7, 11) is 0. The van der Waals surface area contributed by atoms with Crippen LogP contribution in [-0.4, -0.2) is 36.7 Å². The Kier molecular flexibility index (Phi) is 4.34. The van der Waals surface area contributed by atoms with Crippen LogP contribution < -0.4 is 0 Å². The Morgan fingerprint density at radius 1 is 1.44 bits per heavy atom. The Morgan fingerprint density at radius 2 is 2.06 bits per heavy atom. The van der Waals surface area contributed by atoms with Crippen molar-refractivity contribution in [2.75, 3.05) is 13.1 Å². The van der Waals surface area contributed by atoms with Gasteiger partial charge < -0.3 is 22.6 Å². The molecule has 0 unspecified atom stereocenters. The minimum atomic E-state index is -4.79. The number of hydrogen-bond acceptors (Lipinski definition) is 2. The van der Waals surface area contributed by atoms with Gasteiger partial charge in [-0.2, -0.15) is 0 Å². The van der Waals surface area contributed by atoms with Crippen molar-refractivity contribution in [3.05, 3.63) is 11.6 Å². The molecule has 7 heteroatoms. The number of amides is 1. The average molecular weight is 264 g/mol. The number of carbonyl (C=O) groups is 1. The van der Waals surface area contributed by atoms with Crippen LogP contribution in [0.4, 0.5) is 17.7 Å². The molecule has 0 aromatic carbocycles. The van der Waals surface area contributed by atoms with Gasteiger partial charge in [0.15, 0.2) is 0 Å². The van der Waals surface area contributed by atoms with E-state index < -0.39 is 25.0 Å². The Morgan fingerprint density at radius 3 is 2.44 bits per heavy atom. The van der Waals surface area contributed by atoms with Gasteiger partial charge in [0.1, 0.15) is 5.60 Å². The molecule has 1 aliphatic heterocycles. The number of ether oxygens (including phenoxy) is 1. The molecular formula is C11H18BF3NO2-. The van der Waals surface area contributed by atoms with E-state index in [1.54, 1.807) is 20.8 Å². The fraction of sp³-hybridized carbons (Fsp3) is 0.727. The molecule has 0 atom stereocenters. The highest BCUT2D eigenvalue weighted by Crippen LogP contribution is 2.25. The van der Waals surface area contributed by atoms with Crippen LogP contribution in [0.5, 0.6) is 0 Å². The molecule has 0 aromatic rings. The summed E-state index contributed by atoms with van der Waals surface area (Å²) < 4.78 is 41.9. The summed E-state index contributed by atoms with van der Waals surface area (Å²) in [6, 6.07) is 0. The van der Waals surface area contributed by atoms with Gasteiger partial charge in [-0.15, -0.1) is 0 Å². The molecule has 0 spiro atoms. The molecule has 0 fully saturated rings. The fourth-order valence-electron chi connectivity index (χ4n) is 1.69. The topological polar surface area (TPSA) is 29.5 Å². The van der Waals surface area contributed by atoms with E-state index in [9.17, 15) is 17.7 Å². The van der Waals surface area contributed by atoms with Gasteiger partial charge in [0.25, 0.3) is 0 Å². The number of halogens is 3. The van der Waals surface area contributed by atoms with Crippen molar-refractivity contribution in [1.29, 1.82) is 0 Å². The first-order valence-electron chi connectivity index (χ1n) is 5.94. The first-order chi connectivity index (χ1) is 8.07. The van der Waals surface area contributed by atoms with E-state index in [1.165, 1.54) is 11.0 Å². The molecule has 0 aliphatic carbocycles. The van der Waals surface area contributed by atoms with E-state index in [0.717, 1.165) is 0 Å². The third kappa shape index (κ3) is 5.47. The van der Waals surface area contributed by atoms with Crippen LogP contribution in [0.15, 0.2) is 11.6 Å². The van der Waals surface area contributed by atoms with Crippen molar-refractivity contribution < 1.29 is 22.5 Å². The minimum Gasteiger partial charge on any atom is -0.449 e. The molecule has 1 amide bonds. The summed E-state index contributed by atoms with van der Waals surface area (Å²) in [6.45, 7) is 0.942. The molecule has 1 heterocycles. The second kappa shape index (κ2) is 5.24. The van der Waals surface area contributed by atoms with E-state index in [1.807, 2.05) is 0 Å². The van der Waals surface area contributed by atoms with E-state index in [2.05, 4.69) is 0 Å². The molecule has 0 bridgehead atoms. The van der Waals surface area contributed by atoms with Crippen LogP contribution in [0.2, 0.25) is 6.32 Å². The molecule has 0 saturated carbocycles. The third-order valence-corrected chi connectivity index (χ3v) is 2.45. The van der Waals surface area contributed by atoms with Gasteiger partial charge in [0.2, 0.25) is 0 Å². The van der Waals surface area contributed by atoms with Crippen LogP contribution in [-0.2, 0) is 4.74 Å². The Balaban J connectivity index is 2.50. The van der Waals surface area contributed by atoms with E-state index in [4.69, 9.17) is 4.74 Å². The van der Waals surface area contributed by atoms with Crippen molar-refractivity contribution in [2.24, 2.45) is 0 Å². The van der Waals surface area contributed by atoms with Crippen molar-refractivity contribution in [3.8, 4) is 0 Å². The van der Waals surface area contributed by atoms with E-state index in [0.29, 0.717) is 5.57 Å². The molecule has 0 radical (unpaired) electrons. The average Bonchev–Trinajstić information content (AvgIpc) is 2.13. The van der Waals surface area contributed by atoms with Gasteiger partial charge >= 0.3 is 13.1 Å². The lowest BCUT2D eigenvalue weighted by atomic mass is 9.79. The van der Waals surface area contributed by atoms with Crippen molar-refractivity contribution in [1.82, 2.24) is 4.90 Å². The molecule has 0 aromatic heterocycles. The first-order valence-corrected chi connectivity index (χ1v) is 5.94. The number of rotatable bonds is 2. The number of carbonyl (C=O) groups excluding carboxylic acids is 1. The largest absolute Gasteiger partial charge is 0.482 e. The highest BCUT2D eigenvalue weighted by atomic mass is 19.4. The van der Waals surface area contributed by atoms with Crippen LogP contribution in [0.1, 0.15) is 27.2 Å². The monoisotopic (exact) mass is 264 g/mol. The minimum absolute atomic E-state index is 0.191. The molecule has 1 rings (SSSR count). The first kappa shape index (κ1) is 14.9. The maximum Gasteiger partial charge on any atom is 0.482 e. The summed E-state index contributed by atoms with van der Waals surface area (Å²) in [6.07, 6.45) is 0.432. The highest BCUT2D eigenvalue weighted by molar-refractivity contribution is 6.59. The lowest BCUT2D eigenvalue weighted by molar-refractivity contribution is 0.0266. The van der Waals surface area contributed by atoms with Crippen LogP contribution in [0.25, 0.3) is 0 Å². The SMILES string of the molecule is CC(C)(C)OC(=O)N1CC=C(C[B-](F)(F)F)CC1. The van der Waals surface area contributed by atoms with E-state index >= 15 is 0 Å². The predicted molar refractivity (Wildman–Crippen MR) is 64.4 cm³/mol. The second-order valence-electron chi connectivity index (χ2n) is 5.45. The van der Waals surface area contributed by atoms with Crippen molar-refractivity contribution >= 4 is 13.1 Å². The summed E-state index contributed by atoms with van der Waals surface area (Å²) in [5.74, 6) is 0. The highest BCUT2D eigenvalue weighted by Gasteiger charge is 2.28. The number of nitrogens with zero attached hydrogens (tertiary/aromatic N) is 1. The van der Waals surface area contributed by atoms with Crippen LogP contribution in [0, 0.1) is 0 Å². The Bertz CT molecular complexity index is 347. The second-order valence-corrected chi connectivity index (χ2v) is 5.45. The maximum absolute atomic E-state index is 12.2. The van der Waals surface area contributed by atoms with Crippen LogP contribution >= 0.6 is 0 Å². The zero-order valence-electron chi connectivity index (χ0n) is 10.9. The van der Waals surface area contributed by atoms with Gasteiger partial charge in [-0.1, -0.05) is 18.0 Å². The molecule has 104 valence electrons. The summed E-state index contributed by atoms with van der Waals surface area (Å²) in [5, 5.41) is 0. The van der Waals surface area contributed by atoms with Gasteiger partial charge in [0.05, 0.1) is 0 Å². The van der Waals surface area contributed by atoms with Gasteiger partial charge in [-0.25, -0.2) is 4.79 Å². The third-order valence-electron chi connectivity index (χ3n) is 2.45. The van der Waals surface area contributed by atoms with Crippen molar-refractivity contribution in [3.63, 3.8) is 0 Å². The summed E-state index contributed by atoms with van der Waals surface area (Å²) >= 11 is 0. The van der Waals surface area contributed by atoms with Gasteiger partial charge in [-0.3, -0.25) is 0 Å².